The molecule has 6 nitrogen and oxygen atoms in total. The van der Waals surface area contributed by atoms with Crippen molar-refractivity contribution < 1.29 is 14.3 Å². The quantitative estimate of drug-likeness (QED) is 0.606. The smallest absolute Gasteiger partial charge is 0.251 e. The van der Waals surface area contributed by atoms with Crippen LogP contribution in [0.1, 0.15) is 53.3 Å². The summed E-state index contributed by atoms with van der Waals surface area (Å²) in [5.41, 5.74) is 3.80. The molecule has 5 rings (SSSR count). The molecule has 1 aromatic heterocycles. The van der Waals surface area contributed by atoms with Crippen molar-refractivity contribution in [2.45, 2.75) is 43.5 Å². The minimum Gasteiger partial charge on any atom is -0.486 e. The van der Waals surface area contributed by atoms with Crippen LogP contribution in [0.5, 0.6) is 11.5 Å². The number of rotatable bonds is 4. The zero-order chi connectivity index (χ0) is 21.4. The maximum absolute atomic E-state index is 12.9. The molecule has 2 aromatic carbocycles. The Morgan fingerprint density at radius 3 is 2.84 bits per heavy atom. The van der Waals surface area contributed by atoms with Crippen LogP contribution in [0.3, 0.4) is 0 Å². The maximum atomic E-state index is 12.9. The molecule has 0 bridgehead atoms. The van der Waals surface area contributed by atoms with Gasteiger partial charge in [-0.2, -0.15) is 0 Å². The van der Waals surface area contributed by atoms with E-state index in [1.165, 1.54) is 0 Å². The van der Waals surface area contributed by atoms with Gasteiger partial charge in [0, 0.05) is 30.5 Å². The standard InChI is InChI=1S/C24H26ClN3O3/c1-28-20-11-15(14-25)5-7-19(20)27-23(28)16-3-2-4-18(12-16)26-24(29)17-6-8-21-22(13-17)31-10-9-30-21/h5-8,11,13,16,18H,2-4,9-10,12,14H2,1H3,(H,26,29). The molecule has 0 radical (unpaired) electrons. The van der Waals surface area contributed by atoms with E-state index in [0.29, 0.717) is 42.1 Å². The van der Waals surface area contributed by atoms with Crippen molar-refractivity contribution in [3.8, 4) is 11.5 Å². The molecule has 1 N–H and O–H groups in total. The first-order valence-electron chi connectivity index (χ1n) is 10.8. The number of halogens is 1. The van der Waals surface area contributed by atoms with Gasteiger partial charge in [-0.25, -0.2) is 4.98 Å². The fourth-order valence-electron chi connectivity index (χ4n) is 4.71. The number of nitrogens with zero attached hydrogens (tertiary/aromatic N) is 2. The predicted octanol–water partition coefficient (Wildman–Crippen LogP) is 4.54. The van der Waals surface area contributed by atoms with Gasteiger partial charge in [0.1, 0.15) is 19.0 Å². The van der Waals surface area contributed by atoms with Gasteiger partial charge in [-0.15, -0.1) is 11.6 Å². The third-order valence-electron chi connectivity index (χ3n) is 6.31. The van der Waals surface area contributed by atoms with Crippen LogP contribution in [-0.2, 0) is 12.9 Å². The lowest BCUT2D eigenvalue weighted by atomic mass is 9.85. The van der Waals surface area contributed by atoms with E-state index < -0.39 is 0 Å². The Morgan fingerprint density at radius 1 is 1.16 bits per heavy atom. The van der Waals surface area contributed by atoms with E-state index in [1.54, 1.807) is 12.1 Å². The first kappa shape index (κ1) is 20.2. The summed E-state index contributed by atoms with van der Waals surface area (Å²) in [6.07, 6.45) is 4.01. The molecule has 2 atom stereocenters. The highest BCUT2D eigenvalue weighted by Gasteiger charge is 2.28. The number of carbonyl (C=O) groups is 1. The van der Waals surface area contributed by atoms with Crippen molar-refractivity contribution in [3.05, 3.63) is 53.3 Å². The summed E-state index contributed by atoms with van der Waals surface area (Å²) in [6, 6.07) is 11.7. The van der Waals surface area contributed by atoms with E-state index in [4.69, 9.17) is 26.1 Å². The normalized spacial score (nSPS) is 20.6. The van der Waals surface area contributed by atoms with Gasteiger partial charge in [0.25, 0.3) is 5.91 Å². The molecule has 1 aliphatic carbocycles. The Kier molecular flexibility index (Phi) is 5.48. The maximum Gasteiger partial charge on any atom is 0.251 e. The number of benzene rings is 2. The molecule has 2 heterocycles. The second kappa shape index (κ2) is 8.42. The number of imidazole rings is 1. The summed E-state index contributed by atoms with van der Waals surface area (Å²) >= 11 is 6.01. The lowest BCUT2D eigenvalue weighted by Crippen LogP contribution is -2.38. The number of hydrogen-bond donors (Lipinski definition) is 1. The number of nitrogens with one attached hydrogen (secondary N) is 1. The fourth-order valence-corrected chi connectivity index (χ4v) is 4.88. The average Bonchev–Trinajstić information content (AvgIpc) is 3.14. The number of hydrogen-bond acceptors (Lipinski definition) is 4. The second-order valence-electron chi connectivity index (χ2n) is 8.38. The Balaban J connectivity index is 1.31. The molecular formula is C24H26ClN3O3. The number of aromatic nitrogens is 2. The van der Waals surface area contributed by atoms with Gasteiger partial charge in [-0.05, 0) is 55.2 Å². The summed E-state index contributed by atoms with van der Waals surface area (Å²) in [5, 5.41) is 3.22. The topological polar surface area (TPSA) is 65.4 Å². The summed E-state index contributed by atoms with van der Waals surface area (Å²) < 4.78 is 13.3. The molecule has 2 aliphatic rings. The Hall–Kier alpha value is -2.73. The van der Waals surface area contributed by atoms with Gasteiger partial charge in [0.05, 0.1) is 11.0 Å². The molecule has 1 saturated carbocycles. The lowest BCUT2D eigenvalue weighted by molar-refractivity contribution is 0.0923. The van der Waals surface area contributed by atoms with E-state index in [-0.39, 0.29) is 11.9 Å². The molecule has 7 heteroatoms. The zero-order valence-corrected chi connectivity index (χ0v) is 18.3. The number of fused-ring (bicyclic) bond motifs is 2. The van der Waals surface area contributed by atoms with Crippen molar-refractivity contribution in [2.24, 2.45) is 7.05 Å². The SMILES string of the molecule is Cn1c(C2CCCC(NC(=O)c3ccc4c(c3)OCCO4)C2)nc2ccc(CCl)cc21. The molecule has 1 fully saturated rings. The van der Waals surface area contributed by atoms with E-state index in [2.05, 4.69) is 23.0 Å². The first-order valence-corrected chi connectivity index (χ1v) is 11.4. The largest absolute Gasteiger partial charge is 0.486 e. The molecule has 0 saturated heterocycles. The molecule has 1 aliphatic heterocycles. The van der Waals surface area contributed by atoms with Crippen molar-refractivity contribution in [1.82, 2.24) is 14.9 Å². The third kappa shape index (κ3) is 3.97. The summed E-state index contributed by atoms with van der Waals surface area (Å²) in [5.74, 6) is 3.15. The predicted molar refractivity (Wildman–Crippen MR) is 120 cm³/mol. The van der Waals surface area contributed by atoms with Gasteiger partial charge < -0.3 is 19.4 Å². The Bertz CT molecular complexity index is 1130. The fraction of sp³-hybridized carbons (Fsp3) is 0.417. The van der Waals surface area contributed by atoms with Crippen LogP contribution in [0.4, 0.5) is 0 Å². The van der Waals surface area contributed by atoms with E-state index in [9.17, 15) is 4.79 Å². The van der Waals surface area contributed by atoms with Crippen LogP contribution in [0.2, 0.25) is 0 Å². The number of aryl methyl sites for hydroxylation is 1. The highest BCUT2D eigenvalue weighted by molar-refractivity contribution is 6.17. The lowest BCUT2D eigenvalue weighted by Gasteiger charge is -2.29. The highest BCUT2D eigenvalue weighted by atomic mass is 35.5. The highest BCUT2D eigenvalue weighted by Crippen LogP contribution is 2.35. The molecule has 31 heavy (non-hydrogen) atoms. The van der Waals surface area contributed by atoms with Gasteiger partial charge in [0.15, 0.2) is 11.5 Å². The van der Waals surface area contributed by atoms with Gasteiger partial charge in [0.2, 0.25) is 0 Å². The van der Waals surface area contributed by atoms with Crippen LogP contribution in [0.25, 0.3) is 11.0 Å². The molecule has 2 unspecified atom stereocenters. The van der Waals surface area contributed by atoms with Crippen molar-refractivity contribution in [2.75, 3.05) is 13.2 Å². The van der Waals surface area contributed by atoms with Crippen molar-refractivity contribution in [3.63, 3.8) is 0 Å². The number of ether oxygens (including phenoxy) is 2. The van der Waals surface area contributed by atoms with Gasteiger partial charge in [-0.1, -0.05) is 12.5 Å². The molecule has 162 valence electrons. The third-order valence-corrected chi connectivity index (χ3v) is 6.62. The van der Waals surface area contributed by atoms with E-state index >= 15 is 0 Å². The Morgan fingerprint density at radius 2 is 2.00 bits per heavy atom. The minimum atomic E-state index is -0.0700. The monoisotopic (exact) mass is 439 g/mol. The second-order valence-corrected chi connectivity index (χ2v) is 8.65. The van der Waals surface area contributed by atoms with Crippen molar-refractivity contribution >= 4 is 28.5 Å². The van der Waals surface area contributed by atoms with Crippen LogP contribution in [0.15, 0.2) is 36.4 Å². The van der Waals surface area contributed by atoms with Gasteiger partial charge in [-0.3, -0.25) is 4.79 Å². The van der Waals surface area contributed by atoms with Crippen molar-refractivity contribution in [1.29, 1.82) is 0 Å². The molecular weight excluding hydrogens is 414 g/mol. The van der Waals surface area contributed by atoms with Crippen LogP contribution in [0, 0.1) is 0 Å². The number of alkyl halides is 1. The number of carbonyl (C=O) groups excluding carboxylic acids is 1. The summed E-state index contributed by atoms with van der Waals surface area (Å²) in [7, 11) is 2.07. The first-order chi connectivity index (χ1) is 15.1. The summed E-state index contributed by atoms with van der Waals surface area (Å²) in [6.45, 7) is 1.05. The summed E-state index contributed by atoms with van der Waals surface area (Å²) in [4.78, 5) is 17.8. The van der Waals surface area contributed by atoms with E-state index in [1.807, 2.05) is 18.2 Å². The average molecular weight is 440 g/mol. The zero-order valence-electron chi connectivity index (χ0n) is 17.6. The molecule has 3 aromatic rings. The van der Waals surface area contributed by atoms with Crippen LogP contribution in [-0.4, -0.2) is 34.7 Å². The van der Waals surface area contributed by atoms with Gasteiger partial charge >= 0.3 is 0 Å². The molecule has 0 spiro atoms. The van der Waals surface area contributed by atoms with Crippen LogP contribution >= 0.6 is 11.6 Å². The van der Waals surface area contributed by atoms with E-state index in [0.717, 1.165) is 48.1 Å². The molecule has 1 amide bonds. The van der Waals surface area contributed by atoms with Crippen LogP contribution < -0.4 is 14.8 Å². The minimum absolute atomic E-state index is 0.0700. The number of amides is 1. The Labute approximate surface area is 186 Å².